The van der Waals surface area contributed by atoms with Crippen molar-refractivity contribution in [2.24, 2.45) is 0 Å². The third-order valence-electron chi connectivity index (χ3n) is 5.39. The Hall–Kier alpha value is -3.15. The molecule has 136 valence electrons. The van der Waals surface area contributed by atoms with Crippen LogP contribution in [0.4, 0.5) is 17.2 Å². The highest BCUT2D eigenvalue weighted by atomic mass is 15.3. The lowest BCUT2D eigenvalue weighted by Gasteiger charge is -2.28. The SMILES string of the molecule is Cc1cc(N)c(Cc2cc(-c3ccc4c(n3)N[C@H]3CCN4C3)ccn2)cn1. The van der Waals surface area contributed by atoms with Crippen molar-refractivity contribution in [2.45, 2.75) is 25.8 Å². The van der Waals surface area contributed by atoms with Crippen molar-refractivity contribution in [1.29, 1.82) is 0 Å². The summed E-state index contributed by atoms with van der Waals surface area (Å²) >= 11 is 0. The van der Waals surface area contributed by atoms with Gasteiger partial charge in [-0.3, -0.25) is 9.97 Å². The van der Waals surface area contributed by atoms with E-state index in [1.54, 1.807) is 0 Å². The van der Waals surface area contributed by atoms with Crippen LogP contribution in [0.25, 0.3) is 11.3 Å². The van der Waals surface area contributed by atoms with Crippen molar-refractivity contribution in [1.82, 2.24) is 15.0 Å². The maximum Gasteiger partial charge on any atom is 0.150 e. The zero-order valence-corrected chi connectivity index (χ0v) is 15.3. The molecule has 0 radical (unpaired) electrons. The number of aryl methyl sites for hydroxylation is 1. The number of hydrogen-bond acceptors (Lipinski definition) is 6. The summed E-state index contributed by atoms with van der Waals surface area (Å²) in [5, 5.41) is 3.57. The van der Waals surface area contributed by atoms with Crippen LogP contribution in [0.5, 0.6) is 0 Å². The standard InChI is InChI=1S/C21H22N6/c1-13-8-18(22)15(11-24-13)10-17-9-14(4-6-23-17)19-2-3-20-21(26-19)25-16-5-7-27(20)12-16/h2-4,6,8-9,11,16H,5,7,10,12H2,1H3,(H2,22,24)(H,25,26)/t16-/m0/s1. The Kier molecular flexibility index (Phi) is 3.70. The van der Waals surface area contributed by atoms with Crippen molar-refractivity contribution in [3.05, 3.63) is 59.7 Å². The number of pyridine rings is 3. The highest BCUT2D eigenvalue weighted by Crippen LogP contribution is 2.35. The highest BCUT2D eigenvalue weighted by Gasteiger charge is 2.30. The molecule has 2 aliphatic rings. The van der Waals surface area contributed by atoms with Crippen molar-refractivity contribution >= 4 is 17.2 Å². The minimum absolute atomic E-state index is 0.519. The molecule has 5 rings (SSSR count). The number of nitrogen functional groups attached to an aromatic ring is 1. The number of rotatable bonds is 3. The zero-order valence-electron chi connectivity index (χ0n) is 15.3. The minimum atomic E-state index is 0.519. The van der Waals surface area contributed by atoms with Gasteiger partial charge < -0.3 is 16.0 Å². The first-order valence-electron chi connectivity index (χ1n) is 9.34. The van der Waals surface area contributed by atoms with Gasteiger partial charge in [0.25, 0.3) is 0 Å². The summed E-state index contributed by atoms with van der Waals surface area (Å²) < 4.78 is 0. The molecule has 1 saturated heterocycles. The van der Waals surface area contributed by atoms with Crippen molar-refractivity contribution in [2.75, 3.05) is 29.0 Å². The molecule has 1 fully saturated rings. The van der Waals surface area contributed by atoms with Gasteiger partial charge in [-0.15, -0.1) is 0 Å². The van der Waals surface area contributed by atoms with E-state index in [1.807, 2.05) is 31.5 Å². The molecule has 3 aromatic rings. The van der Waals surface area contributed by atoms with Gasteiger partial charge in [0, 0.05) is 60.6 Å². The van der Waals surface area contributed by atoms with Crippen molar-refractivity contribution in [3.8, 4) is 11.3 Å². The lowest BCUT2D eigenvalue weighted by atomic mass is 10.1. The Bertz CT molecular complexity index is 1020. The first kappa shape index (κ1) is 16.1. The summed E-state index contributed by atoms with van der Waals surface area (Å²) in [6, 6.07) is 10.8. The minimum Gasteiger partial charge on any atom is -0.398 e. The van der Waals surface area contributed by atoms with Crippen LogP contribution in [0.2, 0.25) is 0 Å². The number of aromatic nitrogens is 3. The first-order chi connectivity index (χ1) is 13.2. The molecule has 5 heterocycles. The Labute approximate surface area is 158 Å². The number of nitrogens with zero attached hydrogens (tertiary/aromatic N) is 4. The topological polar surface area (TPSA) is 80.0 Å². The van der Waals surface area contributed by atoms with E-state index in [9.17, 15) is 0 Å². The monoisotopic (exact) mass is 358 g/mol. The van der Waals surface area contributed by atoms with E-state index < -0.39 is 0 Å². The average Bonchev–Trinajstić information content (AvgIpc) is 3.06. The van der Waals surface area contributed by atoms with E-state index in [1.165, 1.54) is 12.1 Å². The summed E-state index contributed by atoms with van der Waals surface area (Å²) in [5.41, 5.74) is 13.0. The maximum atomic E-state index is 6.13. The second kappa shape index (κ2) is 6.23. The summed E-state index contributed by atoms with van der Waals surface area (Å²) in [5.74, 6) is 0.992. The van der Waals surface area contributed by atoms with Gasteiger partial charge in [0.15, 0.2) is 5.82 Å². The molecule has 0 aliphatic carbocycles. The van der Waals surface area contributed by atoms with Crippen LogP contribution >= 0.6 is 0 Å². The van der Waals surface area contributed by atoms with Gasteiger partial charge in [0.1, 0.15) is 0 Å². The summed E-state index contributed by atoms with van der Waals surface area (Å²) in [4.78, 5) is 16.2. The molecular formula is C21H22N6. The number of anilines is 3. The van der Waals surface area contributed by atoms with Crippen LogP contribution < -0.4 is 16.0 Å². The van der Waals surface area contributed by atoms with Gasteiger partial charge >= 0.3 is 0 Å². The predicted octanol–water partition coefficient (Wildman–Crippen LogP) is 3.02. The molecule has 27 heavy (non-hydrogen) atoms. The number of nitrogens with two attached hydrogens (primary N) is 1. The van der Waals surface area contributed by atoms with Crippen molar-refractivity contribution < 1.29 is 0 Å². The van der Waals surface area contributed by atoms with E-state index in [2.05, 4.69) is 38.4 Å². The van der Waals surface area contributed by atoms with Crippen LogP contribution in [0.1, 0.15) is 23.4 Å². The van der Waals surface area contributed by atoms with Crippen LogP contribution in [0.3, 0.4) is 0 Å². The molecule has 1 atom stereocenters. The normalized spacial score (nSPS) is 17.5. The van der Waals surface area contributed by atoms with Crippen LogP contribution in [-0.4, -0.2) is 34.1 Å². The Morgan fingerprint density at radius 3 is 3.04 bits per heavy atom. The van der Waals surface area contributed by atoms with Gasteiger partial charge in [0.2, 0.25) is 0 Å². The number of hydrogen-bond donors (Lipinski definition) is 2. The smallest absolute Gasteiger partial charge is 0.150 e. The molecule has 2 bridgehead atoms. The van der Waals surface area contributed by atoms with Gasteiger partial charge in [-0.1, -0.05) is 0 Å². The Morgan fingerprint density at radius 2 is 2.15 bits per heavy atom. The molecule has 2 aliphatic heterocycles. The summed E-state index contributed by atoms with van der Waals surface area (Å²) in [6.45, 7) is 4.13. The summed E-state index contributed by atoms with van der Waals surface area (Å²) in [7, 11) is 0. The average molecular weight is 358 g/mol. The molecule has 3 N–H and O–H groups in total. The maximum absolute atomic E-state index is 6.13. The fourth-order valence-electron chi connectivity index (χ4n) is 3.95. The third-order valence-corrected chi connectivity index (χ3v) is 5.39. The second-order valence-electron chi connectivity index (χ2n) is 7.38. The Balaban J connectivity index is 1.45. The molecule has 0 spiro atoms. The van der Waals surface area contributed by atoms with E-state index >= 15 is 0 Å². The number of fused-ring (bicyclic) bond motifs is 4. The third kappa shape index (κ3) is 2.97. The summed E-state index contributed by atoms with van der Waals surface area (Å²) in [6.07, 6.45) is 5.51. The lowest BCUT2D eigenvalue weighted by Crippen LogP contribution is -2.32. The van der Waals surface area contributed by atoms with Crippen LogP contribution in [-0.2, 0) is 6.42 Å². The van der Waals surface area contributed by atoms with E-state index in [4.69, 9.17) is 10.7 Å². The fourth-order valence-corrected chi connectivity index (χ4v) is 3.95. The molecule has 6 heteroatoms. The van der Waals surface area contributed by atoms with Crippen LogP contribution in [0.15, 0.2) is 42.7 Å². The van der Waals surface area contributed by atoms with E-state index in [0.717, 1.165) is 52.8 Å². The molecule has 0 amide bonds. The molecule has 0 unspecified atom stereocenters. The molecule has 0 aromatic carbocycles. The van der Waals surface area contributed by atoms with E-state index in [-0.39, 0.29) is 0 Å². The van der Waals surface area contributed by atoms with Gasteiger partial charge in [0.05, 0.1) is 11.4 Å². The second-order valence-corrected chi connectivity index (χ2v) is 7.38. The Morgan fingerprint density at radius 1 is 1.22 bits per heavy atom. The zero-order chi connectivity index (χ0) is 18.4. The highest BCUT2D eigenvalue weighted by molar-refractivity contribution is 5.74. The lowest BCUT2D eigenvalue weighted by molar-refractivity contribution is 0.788. The van der Waals surface area contributed by atoms with Gasteiger partial charge in [-0.2, -0.15) is 0 Å². The van der Waals surface area contributed by atoms with Crippen molar-refractivity contribution in [3.63, 3.8) is 0 Å². The molecule has 3 aromatic heterocycles. The molecule has 6 nitrogen and oxygen atoms in total. The van der Waals surface area contributed by atoms with E-state index in [0.29, 0.717) is 12.5 Å². The number of nitrogens with one attached hydrogen (secondary N) is 1. The predicted molar refractivity (Wildman–Crippen MR) is 108 cm³/mol. The largest absolute Gasteiger partial charge is 0.398 e. The van der Waals surface area contributed by atoms with Gasteiger partial charge in [-0.25, -0.2) is 4.98 Å². The fraction of sp³-hybridized carbons (Fsp3) is 0.286. The van der Waals surface area contributed by atoms with Gasteiger partial charge in [-0.05, 0) is 49.2 Å². The molecule has 0 saturated carbocycles. The first-order valence-corrected chi connectivity index (χ1v) is 9.34. The quantitative estimate of drug-likeness (QED) is 0.749. The van der Waals surface area contributed by atoms with Crippen LogP contribution in [0, 0.1) is 6.92 Å². The molecular weight excluding hydrogens is 336 g/mol.